The van der Waals surface area contributed by atoms with Crippen LogP contribution in [0, 0.1) is 10.1 Å². The molecule has 0 spiro atoms. The molecule has 1 aliphatic carbocycles. The minimum atomic E-state index is -1.16. The van der Waals surface area contributed by atoms with Crippen LogP contribution in [0.15, 0.2) is 18.2 Å². The number of benzene rings is 1. The average Bonchev–Trinajstić information content (AvgIpc) is 3.19. The molecule has 0 unspecified atom stereocenters. The fraction of sp³-hybridized carbons (Fsp3) is 0.385. The quantitative estimate of drug-likeness (QED) is 0.538. The Bertz CT molecular complexity index is 610. The van der Waals surface area contributed by atoms with E-state index < -0.39 is 16.4 Å². The van der Waals surface area contributed by atoms with Gasteiger partial charge in [0.1, 0.15) is 11.2 Å². The molecule has 3 N–H and O–H groups in total. The zero-order valence-electron chi connectivity index (χ0n) is 11.4. The number of nitrogens with one attached hydrogen (secondary N) is 2. The lowest BCUT2D eigenvalue weighted by Gasteiger charge is -2.15. The van der Waals surface area contributed by atoms with Gasteiger partial charge in [0, 0.05) is 18.2 Å². The van der Waals surface area contributed by atoms with Gasteiger partial charge in [0.05, 0.1) is 4.92 Å². The lowest BCUT2D eigenvalue weighted by molar-refractivity contribution is -0.384. The Morgan fingerprint density at radius 2 is 2.10 bits per heavy atom. The number of carboxylic acid groups (broad SMARTS) is 1. The van der Waals surface area contributed by atoms with E-state index in [4.69, 9.17) is 5.11 Å². The maximum absolute atomic E-state index is 11.8. The number of rotatable bonds is 6. The van der Waals surface area contributed by atoms with Gasteiger partial charge in [0.2, 0.25) is 0 Å². The molecule has 1 aliphatic rings. The molecule has 8 nitrogen and oxygen atoms in total. The third-order valence-corrected chi connectivity index (χ3v) is 3.33. The summed E-state index contributed by atoms with van der Waals surface area (Å²) in [6.45, 7) is 2.18. The van der Waals surface area contributed by atoms with E-state index in [9.17, 15) is 19.7 Å². The summed E-state index contributed by atoms with van der Waals surface area (Å²) in [6.07, 6.45) is 0.787. The highest BCUT2D eigenvalue weighted by Crippen LogP contribution is 2.41. The van der Waals surface area contributed by atoms with Crippen LogP contribution in [0.25, 0.3) is 0 Å². The highest BCUT2D eigenvalue weighted by Gasteiger charge is 2.51. The van der Waals surface area contributed by atoms with E-state index in [0.29, 0.717) is 19.4 Å². The third kappa shape index (κ3) is 2.93. The predicted octanol–water partition coefficient (Wildman–Crippen LogP) is 1.37. The minimum absolute atomic E-state index is 0.0450. The van der Waals surface area contributed by atoms with Gasteiger partial charge in [0.25, 0.3) is 11.6 Å². The number of carbonyl (C=O) groups is 2. The first-order valence-corrected chi connectivity index (χ1v) is 6.48. The number of amides is 1. The number of aliphatic carboxylic acids is 1. The standard InChI is InChI=1S/C13H15N3O5/c1-2-14-11(17)8-3-4-10(16(20)21)9(7-8)15-13(5-6-13)12(18)19/h3-4,7,15H,2,5-6H2,1H3,(H,14,17)(H,18,19). The fourth-order valence-corrected chi connectivity index (χ4v) is 1.97. The third-order valence-electron chi connectivity index (χ3n) is 3.33. The van der Waals surface area contributed by atoms with Gasteiger partial charge in [-0.2, -0.15) is 0 Å². The Kier molecular flexibility index (Phi) is 3.79. The summed E-state index contributed by atoms with van der Waals surface area (Å²) in [5.41, 5.74) is -1.13. The molecule has 1 aromatic carbocycles. The summed E-state index contributed by atoms with van der Waals surface area (Å²) in [5, 5.41) is 25.4. The van der Waals surface area contributed by atoms with E-state index in [-0.39, 0.29) is 22.8 Å². The van der Waals surface area contributed by atoms with E-state index >= 15 is 0 Å². The molecule has 0 radical (unpaired) electrons. The van der Waals surface area contributed by atoms with Crippen LogP contribution in [-0.4, -0.2) is 34.0 Å². The largest absolute Gasteiger partial charge is 0.480 e. The van der Waals surface area contributed by atoms with E-state index in [2.05, 4.69) is 10.6 Å². The number of anilines is 1. The maximum atomic E-state index is 11.8. The van der Waals surface area contributed by atoms with Gasteiger partial charge < -0.3 is 15.7 Å². The van der Waals surface area contributed by atoms with Crippen LogP contribution in [0.1, 0.15) is 30.1 Å². The molecular weight excluding hydrogens is 278 g/mol. The van der Waals surface area contributed by atoms with E-state index in [0.717, 1.165) is 0 Å². The molecule has 1 saturated carbocycles. The molecule has 21 heavy (non-hydrogen) atoms. The van der Waals surface area contributed by atoms with Crippen molar-refractivity contribution in [3.05, 3.63) is 33.9 Å². The second-order valence-corrected chi connectivity index (χ2v) is 4.86. The SMILES string of the molecule is CCNC(=O)c1ccc([N+](=O)[O-])c(NC2(C(=O)O)CC2)c1. The Labute approximate surface area is 120 Å². The molecule has 0 aliphatic heterocycles. The minimum Gasteiger partial charge on any atom is -0.480 e. The monoisotopic (exact) mass is 293 g/mol. The second-order valence-electron chi connectivity index (χ2n) is 4.86. The number of hydrogen-bond donors (Lipinski definition) is 3. The van der Waals surface area contributed by atoms with Gasteiger partial charge in [-0.15, -0.1) is 0 Å². The maximum Gasteiger partial charge on any atom is 0.329 e. The van der Waals surface area contributed by atoms with Gasteiger partial charge in [-0.1, -0.05) is 0 Å². The number of carbonyl (C=O) groups excluding carboxylic acids is 1. The van der Waals surface area contributed by atoms with Crippen molar-refractivity contribution in [3.63, 3.8) is 0 Å². The van der Waals surface area contributed by atoms with Crippen LogP contribution in [0.5, 0.6) is 0 Å². The van der Waals surface area contributed by atoms with Crippen molar-refractivity contribution in [1.29, 1.82) is 0 Å². The average molecular weight is 293 g/mol. The van der Waals surface area contributed by atoms with Gasteiger partial charge in [-0.3, -0.25) is 14.9 Å². The Morgan fingerprint density at radius 1 is 1.43 bits per heavy atom. The van der Waals surface area contributed by atoms with Crippen molar-refractivity contribution in [3.8, 4) is 0 Å². The van der Waals surface area contributed by atoms with E-state index in [1.54, 1.807) is 6.92 Å². The van der Waals surface area contributed by atoms with E-state index in [1.807, 2.05) is 0 Å². The molecule has 1 fully saturated rings. The van der Waals surface area contributed by atoms with Crippen LogP contribution in [0.2, 0.25) is 0 Å². The first-order chi connectivity index (χ1) is 9.89. The smallest absolute Gasteiger partial charge is 0.329 e. The van der Waals surface area contributed by atoms with Crippen molar-refractivity contribution in [2.24, 2.45) is 0 Å². The zero-order valence-corrected chi connectivity index (χ0v) is 11.4. The molecule has 0 heterocycles. The van der Waals surface area contributed by atoms with Crippen LogP contribution in [-0.2, 0) is 4.79 Å². The van der Waals surface area contributed by atoms with Crippen molar-refractivity contribution >= 4 is 23.3 Å². The van der Waals surface area contributed by atoms with Crippen molar-refractivity contribution in [2.75, 3.05) is 11.9 Å². The highest BCUT2D eigenvalue weighted by molar-refractivity contribution is 5.96. The van der Waals surface area contributed by atoms with Crippen molar-refractivity contribution in [1.82, 2.24) is 5.32 Å². The van der Waals surface area contributed by atoms with Gasteiger partial charge in [0.15, 0.2) is 0 Å². The summed E-state index contributed by atoms with van der Waals surface area (Å²) >= 11 is 0. The molecule has 0 atom stereocenters. The molecular formula is C13H15N3O5. The summed E-state index contributed by atoms with van der Waals surface area (Å²) in [6, 6.07) is 3.85. The molecule has 8 heteroatoms. The molecule has 0 saturated heterocycles. The van der Waals surface area contributed by atoms with Crippen molar-refractivity contribution < 1.29 is 19.6 Å². The van der Waals surface area contributed by atoms with Crippen LogP contribution < -0.4 is 10.6 Å². The Morgan fingerprint density at radius 3 is 2.57 bits per heavy atom. The Balaban J connectivity index is 2.36. The van der Waals surface area contributed by atoms with E-state index in [1.165, 1.54) is 18.2 Å². The topological polar surface area (TPSA) is 122 Å². The second kappa shape index (κ2) is 5.39. The van der Waals surface area contributed by atoms with Gasteiger partial charge in [-0.25, -0.2) is 4.79 Å². The summed E-state index contributed by atoms with van der Waals surface area (Å²) in [7, 11) is 0. The highest BCUT2D eigenvalue weighted by atomic mass is 16.6. The number of carboxylic acids is 1. The number of hydrogen-bond acceptors (Lipinski definition) is 5. The first kappa shape index (κ1) is 14.8. The lowest BCUT2D eigenvalue weighted by Crippen LogP contribution is -2.32. The summed E-state index contributed by atoms with van der Waals surface area (Å²) in [5.74, 6) is -1.42. The summed E-state index contributed by atoms with van der Waals surface area (Å²) < 4.78 is 0. The first-order valence-electron chi connectivity index (χ1n) is 6.48. The molecule has 0 aromatic heterocycles. The number of nitro groups is 1. The molecule has 1 amide bonds. The number of nitro benzene ring substituents is 1. The number of nitrogens with zero attached hydrogens (tertiary/aromatic N) is 1. The summed E-state index contributed by atoms with van der Waals surface area (Å²) in [4.78, 5) is 33.4. The molecule has 112 valence electrons. The Hall–Kier alpha value is -2.64. The molecule has 0 bridgehead atoms. The van der Waals surface area contributed by atoms with Crippen molar-refractivity contribution in [2.45, 2.75) is 25.3 Å². The normalized spacial score (nSPS) is 15.1. The zero-order chi connectivity index (χ0) is 15.6. The van der Waals surface area contributed by atoms with Crippen LogP contribution in [0.4, 0.5) is 11.4 Å². The molecule has 1 aromatic rings. The van der Waals surface area contributed by atoms with Crippen LogP contribution in [0.3, 0.4) is 0 Å². The molecule has 2 rings (SSSR count). The van der Waals surface area contributed by atoms with Gasteiger partial charge >= 0.3 is 5.97 Å². The lowest BCUT2D eigenvalue weighted by atomic mass is 10.1. The van der Waals surface area contributed by atoms with Crippen LogP contribution >= 0.6 is 0 Å². The predicted molar refractivity (Wildman–Crippen MR) is 74.3 cm³/mol. The fourth-order valence-electron chi connectivity index (χ4n) is 1.97. The van der Waals surface area contributed by atoms with Gasteiger partial charge in [-0.05, 0) is 31.9 Å².